The molecule has 1 aromatic heterocycles. The van der Waals surface area contributed by atoms with Gasteiger partial charge in [-0.15, -0.1) is 0 Å². The lowest BCUT2D eigenvalue weighted by Crippen LogP contribution is -2.59. The number of fused-ring (bicyclic) bond motifs is 1. The molecule has 3 heterocycles. The third kappa shape index (κ3) is 3.24. The van der Waals surface area contributed by atoms with E-state index < -0.39 is 5.54 Å². The Kier molecular flexibility index (Phi) is 4.38. The van der Waals surface area contributed by atoms with Crippen LogP contribution in [0.25, 0.3) is 11.5 Å². The first-order chi connectivity index (χ1) is 13.5. The standard InChI is InChI=1S/C20H19N5O3/c1-13-8-9-25-16(10-13)23-17(26)11-20(25,2)19(27)21-12-15-22-18(28-24-15)14-6-4-3-5-7-14/h3-10H,11-12H2,1-2H3,(H,21,27). The van der Waals surface area contributed by atoms with Crippen LogP contribution in [-0.2, 0) is 16.1 Å². The second-order valence-corrected chi connectivity index (χ2v) is 6.95. The van der Waals surface area contributed by atoms with Crippen LogP contribution in [0, 0.1) is 0 Å². The van der Waals surface area contributed by atoms with Crippen molar-refractivity contribution < 1.29 is 14.1 Å². The third-order valence-corrected chi connectivity index (χ3v) is 4.74. The number of allylic oxidation sites excluding steroid dienone is 2. The molecular formula is C20H19N5O3. The molecule has 4 rings (SSSR count). The van der Waals surface area contributed by atoms with Crippen molar-refractivity contribution >= 4 is 17.6 Å². The number of carbonyl (C=O) groups excluding carboxylic acids is 2. The molecule has 0 fully saturated rings. The second-order valence-electron chi connectivity index (χ2n) is 6.95. The number of benzene rings is 1. The Balaban J connectivity index is 1.48. The zero-order valence-electron chi connectivity index (χ0n) is 15.5. The van der Waals surface area contributed by atoms with Gasteiger partial charge in [0.05, 0.1) is 13.0 Å². The molecule has 1 aromatic carbocycles. The largest absolute Gasteiger partial charge is 0.347 e. The summed E-state index contributed by atoms with van der Waals surface area (Å²) in [6, 6.07) is 9.39. The molecule has 1 N–H and O–H groups in total. The number of aliphatic imine (C=N–C) groups is 1. The van der Waals surface area contributed by atoms with Crippen molar-refractivity contribution in [1.29, 1.82) is 0 Å². The van der Waals surface area contributed by atoms with Crippen LogP contribution in [-0.4, -0.2) is 38.2 Å². The van der Waals surface area contributed by atoms with Gasteiger partial charge in [-0.3, -0.25) is 9.59 Å². The zero-order valence-corrected chi connectivity index (χ0v) is 15.5. The number of rotatable bonds is 4. The lowest BCUT2D eigenvalue weighted by molar-refractivity contribution is -0.134. The molecule has 28 heavy (non-hydrogen) atoms. The first kappa shape index (κ1) is 17.8. The highest BCUT2D eigenvalue weighted by Gasteiger charge is 2.45. The molecule has 8 heteroatoms. The van der Waals surface area contributed by atoms with Gasteiger partial charge in [0.15, 0.2) is 5.82 Å². The van der Waals surface area contributed by atoms with Crippen LogP contribution < -0.4 is 5.32 Å². The van der Waals surface area contributed by atoms with E-state index in [0.29, 0.717) is 17.6 Å². The van der Waals surface area contributed by atoms with Gasteiger partial charge in [0.25, 0.3) is 11.8 Å². The van der Waals surface area contributed by atoms with Gasteiger partial charge < -0.3 is 14.7 Å². The molecule has 0 saturated carbocycles. The van der Waals surface area contributed by atoms with Crippen LogP contribution in [0.15, 0.2) is 63.8 Å². The van der Waals surface area contributed by atoms with Gasteiger partial charge in [-0.05, 0) is 43.7 Å². The normalized spacial score (nSPS) is 21.1. The summed E-state index contributed by atoms with van der Waals surface area (Å²) in [5, 5.41) is 6.72. The minimum atomic E-state index is -1.08. The van der Waals surface area contributed by atoms with Crippen molar-refractivity contribution in [2.45, 2.75) is 32.4 Å². The van der Waals surface area contributed by atoms with Gasteiger partial charge in [-0.25, -0.2) is 0 Å². The highest BCUT2D eigenvalue weighted by Crippen LogP contribution is 2.29. The van der Waals surface area contributed by atoms with Crippen LogP contribution in [0.3, 0.4) is 0 Å². The summed E-state index contributed by atoms with van der Waals surface area (Å²) in [4.78, 5) is 35.1. The fraction of sp³-hybridized carbons (Fsp3) is 0.250. The lowest BCUT2D eigenvalue weighted by Gasteiger charge is -2.41. The first-order valence-corrected chi connectivity index (χ1v) is 8.89. The average Bonchev–Trinajstić information content (AvgIpc) is 3.15. The van der Waals surface area contributed by atoms with E-state index in [1.54, 1.807) is 24.1 Å². The summed E-state index contributed by atoms with van der Waals surface area (Å²) in [6.07, 6.45) is 5.43. The van der Waals surface area contributed by atoms with Crippen molar-refractivity contribution in [2.75, 3.05) is 0 Å². The third-order valence-electron chi connectivity index (χ3n) is 4.74. The molecule has 2 aromatic rings. The quantitative estimate of drug-likeness (QED) is 0.877. The van der Waals surface area contributed by atoms with E-state index in [2.05, 4.69) is 20.4 Å². The maximum absolute atomic E-state index is 13.0. The summed E-state index contributed by atoms with van der Waals surface area (Å²) < 4.78 is 5.25. The summed E-state index contributed by atoms with van der Waals surface area (Å²) >= 11 is 0. The number of hydrogen-bond donors (Lipinski definition) is 1. The minimum absolute atomic E-state index is 0.0128. The van der Waals surface area contributed by atoms with Gasteiger partial charge in [0.1, 0.15) is 11.4 Å². The predicted octanol–water partition coefficient (Wildman–Crippen LogP) is 2.22. The van der Waals surface area contributed by atoms with Gasteiger partial charge >= 0.3 is 0 Å². The van der Waals surface area contributed by atoms with Crippen LogP contribution in [0.2, 0.25) is 0 Å². The van der Waals surface area contributed by atoms with Crippen LogP contribution in [0.4, 0.5) is 0 Å². The minimum Gasteiger partial charge on any atom is -0.347 e. The smallest absolute Gasteiger partial charge is 0.257 e. The molecule has 0 spiro atoms. The molecule has 1 atom stereocenters. The second kappa shape index (κ2) is 6.88. The Labute approximate surface area is 161 Å². The monoisotopic (exact) mass is 377 g/mol. The maximum atomic E-state index is 13.0. The Morgan fingerprint density at radius 3 is 2.89 bits per heavy atom. The van der Waals surface area contributed by atoms with Crippen molar-refractivity contribution in [2.24, 2.45) is 4.99 Å². The number of nitrogens with zero attached hydrogens (tertiary/aromatic N) is 4. The molecule has 8 nitrogen and oxygen atoms in total. The number of nitrogens with one attached hydrogen (secondary N) is 1. The van der Waals surface area contributed by atoms with E-state index in [1.165, 1.54) is 0 Å². The van der Waals surface area contributed by atoms with E-state index in [1.807, 2.05) is 43.3 Å². The van der Waals surface area contributed by atoms with E-state index in [-0.39, 0.29) is 24.8 Å². The van der Waals surface area contributed by atoms with Crippen LogP contribution >= 0.6 is 0 Å². The number of amides is 2. The van der Waals surface area contributed by atoms with Gasteiger partial charge in [-0.2, -0.15) is 9.98 Å². The maximum Gasteiger partial charge on any atom is 0.257 e. The summed E-state index contributed by atoms with van der Waals surface area (Å²) in [6.45, 7) is 3.73. The Bertz CT molecular complexity index is 1020. The molecule has 2 aliphatic rings. The fourth-order valence-electron chi connectivity index (χ4n) is 3.20. The lowest BCUT2D eigenvalue weighted by atomic mass is 9.90. The van der Waals surface area contributed by atoms with Gasteiger partial charge in [0, 0.05) is 11.8 Å². The molecule has 142 valence electrons. The molecule has 2 amide bonds. The Morgan fingerprint density at radius 1 is 1.32 bits per heavy atom. The number of amidine groups is 1. The highest BCUT2D eigenvalue weighted by atomic mass is 16.5. The highest BCUT2D eigenvalue weighted by molar-refractivity contribution is 6.09. The van der Waals surface area contributed by atoms with Crippen molar-refractivity contribution in [1.82, 2.24) is 20.4 Å². The molecule has 0 radical (unpaired) electrons. The molecule has 0 saturated heterocycles. The topological polar surface area (TPSA) is 101 Å². The van der Waals surface area contributed by atoms with Crippen molar-refractivity contribution in [3.63, 3.8) is 0 Å². The SMILES string of the molecule is CC1=CC2=NC(=O)CC(C)(C(=O)NCc3noc(-c4ccccc4)n3)N2C=C1. The number of hydrogen-bond acceptors (Lipinski definition) is 6. The van der Waals surface area contributed by atoms with Crippen molar-refractivity contribution in [3.05, 3.63) is 60.1 Å². The van der Waals surface area contributed by atoms with Crippen molar-refractivity contribution in [3.8, 4) is 11.5 Å². The Hall–Kier alpha value is -3.55. The molecule has 2 aliphatic heterocycles. The molecule has 1 unspecified atom stereocenters. The molecular weight excluding hydrogens is 358 g/mol. The number of aromatic nitrogens is 2. The molecule has 0 aliphatic carbocycles. The average molecular weight is 377 g/mol. The fourth-order valence-corrected chi connectivity index (χ4v) is 3.20. The predicted molar refractivity (Wildman–Crippen MR) is 102 cm³/mol. The number of carbonyl (C=O) groups is 2. The van der Waals surface area contributed by atoms with Crippen LogP contribution in [0.5, 0.6) is 0 Å². The molecule has 0 bridgehead atoms. The van der Waals surface area contributed by atoms with Gasteiger partial charge in [0.2, 0.25) is 5.91 Å². The van der Waals surface area contributed by atoms with E-state index in [9.17, 15) is 9.59 Å². The Morgan fingerprint density at radius 2 is 2.11 bits per heavy atom. The van der Waals surface area contributed by atoms with E-state index in [0.717, 1.165) is 11.1 Å². The summed E-state index contributed by atoms with van der Waals surface area (Å²) in [5.41, 5.74) is 0.694. The van der Waals surface area contributed by atoms with Crippen LogP contribution in [0.1, 0.15) is 26.1 Å². The van der Waals surface area contributed by atoms with E-state index in [4.69, 9.17) is 4.52 Å². The first-order valence-electron chi connectivity index (χ1n) is 8.89. The van der Waals surface area contributed by atoms with Gasteiger partial charge in [-0.1, -0.05) is 23.4 Å². The zero-order chi connectivity index (χ0) is 19.7. The summed E-state index contributed by atoms with van der Waals surface area (Å²) in [5.74, 6) is 0.584. The summed E-state index contributed by atoms with van der Waals surface area (Å²) in [7, 11) is 0. The van der Waals surface area contributed by atoms with E-state index >= 15 is 0 Å².